The number of hydrogen-bond acceptors (Lipinski definition) is 4. The summed E-state index contributed by atoms with van der Waals surface area (Å²) in [5.41, 5.74) is -6.14. The van der Waals surface area contributed by atoms with Crippen LogP contribution in [-0.4, -0.2) is 59.1 Å². The number of fused-ring (bicyclic) bond motifs is 1. The van der Waals surface area contributed by atoms with E-state index in [2.05, 4.69) is 0 Å². The van der Waals surface area contributed by atoms with Crippen LogP contribution in [-0.2, 0) is 15.2 Å². The highest BCUT2D eigenvalue weighted by atomic mass is 32.2. The van der Waals surface area contributed by atoms with Gasteiger partial charge in [0, 0.05) is 48.2 Å². The molecule has 0 bridgehead atoms. The van der Waals surface area contributed by atoms with Crippen LogP contribution >= 0.6 is 11.8 Å². The second-order valence-corrected chi connectivity index (χ2v) is 9.61. The number of amides is 2. The standard InChI is InChI=1S/C21H24F6N2O3S/c1-3-15-11-29(18(31)13-6-8-28(9-7-13)12(2)30)16-5-4-14(10-17(16)33-15)19(32,20(22,23)24)21(25,26)27/h4-5,10,13,15,32H,3,6-9,11H2,1-2H3/t15-/m0/s1. The Morgan fingerprint density at radius 1 is 1.09 bits per heavy atom. The van der Waals surface area contributed by atoms with Gasteiger partial charge in [0.2, 0.25) is 11.8 Å². The van der Waals surface area contributed by atoms with Crippen molar-refractivity contribution >= 4 is 29.3 Å². The average molecular weight is 498 g/mol. The molecule has 5 nitrogen and oxygen atoms in total. The number of piperidine rings is 1. The number of benzene rings is 1. The normalized spacial score (nSPS) is 20.6. The molecule has 2 heterocycles. The van der Waals surface area contributed by atoms with Gasteiger partial charge in [-0.25, -0.2) is 0 Å². The van der Waals surface area contributed by atoms with Gasteiger partial charge < -0.3 is 14.9 Å². The molecule has 2 aliphatic heterocycles. The van der Waals surface area contributed by atoms with Crippen molar-refractivity contribution in [2.24, 2.45) is 5.92 Å². The van der Waals surface area contributed by atoms with E-state index in [1.165, 1.54) is 11.8 Å². The third-order valence-corrected chi connectivity index (χ3v) is 7.58. The molecule has 2 aliphatic rings. The number of alkyl halides is 6. The molecule has 1 N–H and O–H groups in total. The number of anilines is 1. The van der Waals surface area contributed by atoms with Gasteiger partial charge in [0.1, 0.15) is 0 Å². The molecular formula is C21H24F6N2O3S. The smallest absolute Gasteiger partial charge is 0.369 e. The van der Waals surface area contributed by atoms with E-state index < -0.39 is 29.4 Å². The van der Waals surface area contributed by atoms with Crippen LogP contribution in [0.5, 0.6) is 0 Å². The molecular weight excluding hydrogens is 474 g/mol. The number of likely N-dealkylation sites (tertiary alicyclic amines) is 1. The van der Waals surface area contributed by atoms with Gasteiger partial charge in [0.15, 0.2) is 0 Å². The molecule has 3 rings (SSSR count). The first kappa shape index (κ1) is 25.7. The topological polar surface area (TPSA) is 60.9 Å². The fourth-order valence-corrected chi connectivity index (χ4v) is 5.39. The van der Waals surface area contributed by atoms with Gasteiger partial charge in [-0.15, -0.1) is 11.8 Å². The average Bonchev–Trinajstić information content (AvgIpc) is 2.75. The molecule has 0 aliphatic carbocycles. The van der Waals surface area contributed by atoms with Gasteiger partial charge in [-0.3, -0.25) is 9.59 Å². The van der Waals surface area contributed by atoms with Gasteiger partial charge in [-0.1, -0.05) is 13.0 Å². The van der Waals surface area contributed by atoms with Crippen molar-refractivity contribution in [3.63, 3.8) is 0 Å². The van der Waals surface area contributed by atoms with E-state index in [9.17, 15) is 41.0 Å². The van der Waals surface area contributed by atoms with E-state index in [0.717, 1.165) is 17.8 Å². The highest BCUT2D eigenvalue weighted by Crippen LogP contribution is 2.52. The summed E-state index contributed by atoms with van der Waals surface area (Å²) >= 11 is 1.09. The van der Waals surface area contributed by atoms with Crippen LogP contribution in [0.15, 0.2) is 23.1 Å². The van der Waals surface area contributed by atoms with Crippen molar-refractivity contribution in [1.82, 2.24) is 4.90 Å². The first-order chi connectivity index (χ1) is 15.2. The fraction of sp³-hybridized carbons (Fsp3) is 0.619. The van der Waals surface area contributed by atoms with E-state index in [4.69, 9.17) is 0 Å². The largest absolute Gasteiger partial charge is 0.430 e. The van der Waals surface area contributed by atoms with E-state index in [0.29, 0.717) is 44.5 Å². The van der Waals surface area contributed by atoms with Gasteiger partial charge in [-0.05, 0) is 31.4 Å². The van der Waals surface area contributed by atoms with Crippen molar-refractivity contribution < 1.29 is 41.0 Å². The van der Waals surface area contributed by atoms with Crippen LogP contribution < -0.4 is 4.90 Å². The molecule has 2 amide bonds. The summed E-state index contributed by atoms with van der Waals surface area (Å²) < 4.78 is 80.0. The van der Waals surface area contributed by atoms with Gasteiger partial charge in [-0.2, -0.15) is 26.3 Å². The molecule has 1 fully saturated rings. The van der Waals surface area contributed by atoms with Crippen molar-refractivity contribution in [2.75, 3.05) is 24.5 Å². The second kappa shape index (κ2) is 9.01. The summed E-state index contributed by atoms with van der Waals surface area (Å²) in [6, 6.07) is 2.29. The number of aliphatic hydroxyl groups is 1. The lowest BCUT2D eigenvalue weighted by Crippen LogP contribution is -2.54. The van der Waals surface area contributed by atoms with Gasteiger partial charge >= 0.3 is 12.4 Å². The van der Waals surface area contributed by atoms with E-state index in [-0.39, 0.29) is 34.2 Å². The number of carbonyl (C=O) groups excluding carboxylic acids is 2. The van der Waals surface area contributed by atoms with Crippen molar-refractivity contribution in [1.29, 1.82) is 0 Å². The highest BCUT2D eigenvalue weighted by Gasteiger charge is 2.71. The predicted molar refractivity (Wildman–Crippen MR) is 110 cm³/mol. The lowest BCUT2D eigenvalue weighted by atomic mass is 9.91. The lowest BCUT2D eigenvalue weighted by Gasteiger charge is -2.39. The Kier molecular flexibility index (Phi) is 7.01. The second-order valence-electron chi connectivity index (χ2n) is 8.27. The summed E-state index contributed by atoms with van der Waals surface area (Å²) in [6.07, 6.45) is -10.6. The van der Waals surface area contributed by atoms with Crippen LogP contribution in [0.1, 0.15) is 38.7 Å². The van der Waals surface area contributed by atoms with Crippen molar-refractivity contribution in [3.8, 4) is 0 Å². The van der Waals surface area contributed by atoms with E-state index in [1.54, 1.807) is 4.90 Å². The quantitative estimate of drug-likeness (QED) is 0.625. The monoisotopic (exact) mass is 498 g/mol. The third kappa shape index (κ3) is 4.68. The zero-order chi connectivity index (χ0) is 24.8. The molecule has 0 unspecified atom stereocenters. The number of hydrogen-bond donors (Lipinski definition) is 1. The van der Waals surface area contributed by atoms with E-state index in [1.807, 2.05) is 6.92 Å². The molecule has 0 spiro atoms. The third-order valence-electron chi connectivity index (χ3n) is 6.18. The van der Waals surface area contributed by atoms with Crippen LogP contribution in [0.2, 0.25) is 0 Å². The Labute approximate surface area is 191 Å². The minimum atomic E-state index is -5.98. The summed E-state index contributed by atoms with van der Waals surface area (Å²) in [7, 11) is 0. The van der Waals surface area contributed by atoms with Crippen molar-refractivity contribution in [3.05, 3.63) is 23.8 Å². The fourth-order valence-electron chi connectivity index (χ4n) is 4.15. The lowest BCUT2D eigenvalue weighted by molar-refractivity contribution is -0.376. The summed E-state index contributed by atoms with van der Waals surface area (Å²) in [5, 5.41) is 9.52. The number of carbonyl (C=O) groups is 2. The molecule has 33 heavy (non-hydrogen) atoms. The summed E-state index contributed by atoms with van der Waals surface area (Å²) in [6.45, 7) is 4.32. The zero-order valence-corrected chi connectivity index (χ0v) is 18.8. The van der Waals surface area contributed by atoms with Crippen LogP contribution in [0, 0.1) is 5.92 Å². The SMILES string of the molecule is CC[C@H]1CN(C(=O)C2CCN(C(C)=O)CC2)c2ccc(C(O)(C(F)(F)F)C(F)(F)F)cc2S1. The molecule has 1 aromatic rings. The van der Waals surface area contributed by atoms with E-state index >= 15 is 0 Å². The maximum atomic E-state index is 13.3. The number of nitrogens with zero attached hydrogens (tertiary/aromatic N) is 2. The Hall–Kier alpha value is -1.95. The summed E-state index contributed by atoms with van der Waals surface area (Å²) in [5.74, 6) is -0.773. The minimum Gasteiger partial charge on any atom is -0.369 e. The molecule has 1 aromatic carbocycles. The Morgan fingerprint density at radius 2 is 1.67 bits per heavy atom. The first-order valence-corrected chi connectivity index (χ1v) is 11.3. The molecule has 0 aromatic heterocycles. The molecule has 12 heteroatoms. The van der Waals surface area contributed by atoms with Crippen LogP contribution in [0.25, 0.3) is 0 Å². The molecule has 0 saturated carbocycles. The maximum absolute atomic E-state index is 13.3. The Bertz CT molecular complexity index is 898. The van der Waals surface area contributed by atoms with Crippen molar-refractivity contribution in [2.45, 2.75) is 61.2 Å². The molecule has 1 saturated heterocycles. The molecule has 1 atom stereocenters. The number of thioether (sulfide) groups is 1. The maximum Gasteiger partial charge on any atom is 0.430 e. The highest BCUT2D eigenvalue weighted by molar-refractivity contribution is 8.00. The molecule has 184 valence electrons. The Morgan fingerprint density at radius 3 is 2.15 bits per heavy atom. The van der Waals surface area contributed by atoms with Gasteiger partial charge in [0.25, 0.3) is 5.60 Å². The Balaban J connectivity index is 1.96. The van der Waals surface area contributed by atoms with Gasteiger partial charge in [0.05, 0.1) is 5.69 Å². The number of halogens is 6. The minimum absolute atomic E-state index is 0.0760. The first-order valence-electron chi connectivity index (χ1n) is 10.4. The predicted octanol–water partition coefficient (Wildman–Crippen LogP) is 4.47. The molecule has 0 radical (unpaired) electrons. The van der Waals surface area contributed by atoms with Crippen LogP contribution in [0.3, 0.4) is 0 Å². The summed E-state index contributed by atoms with van der Waals surface area (Å²) in [4.78, 5) is 27.9. The number of rotatable bonds is 3. The zero-order valence-electron chi connectivity index (χ0n) is 18.0. The van der Waals surface area contributed by atoms with Crippen LogP contribution in [0.4, 0.5) is 32.0 Å².